The van der Waals surface area contributed by atoms with Gasteiger partial charge in [-0.25, -0.2) is 4.57 Å². The molecule has 1 atom stereocenters. The highest BCUT2D eigenvalue weighted by molar-refractivity contribution is 7.46. The number of nitrogens with zero attached hydrogens (tertiary/aromatic N) is 4. The SMILES string of the molecule is Cc1sc2c(c1C)C(c1ccc(Cl)cc1)=N[C@@H](CC(=O)NCC#Cc1oc(C#CCN)cc1COP(=O)(O)O)c1nnc(C)n1-2. The molecule has 12 nitrogen and oxygen atoms in total. The van der Waals surface area contributed by atoms with Crippen molar-refractivity contribution in [2.45, 2.75) is 39.8 Å². The molecule has 5 N–H and O–H groups in total. The third kappa shape index (κ3) is 7.44. The topological polar surface area (TPSA) is 178 Å². The maximum atomic E-state index is 13.2. The number of phosphoric ester groups is 1. The lowest BCUT2D eigenvalue weighted by Crippen LogP contribution is -2.25. The number of hydrogen-bond donors (Lipinski definition) is 4. The Hall–Kier alpha value is -4.04. The van der Waals surface area contributed by atoms with E-state index in [9.17, 15) is 9.36 Å². The average molecular weight is 667 g/mol. The zero-order chi connectivity index (χ0) is 32.3. The minimum Gasteiger partial charge on any atom is -0.439 e. The average Bonchev–Trinajstić information content (AvgIpc) is 3.63. The Bertz CT molecular complexity index is 1970. The minimum absolute atomic E-state index is 0.0230. The third-order valence-corrected chi connectivity index (χ3v) is 8.73. The van der Waals surface area contributed by atoms with Crippen molar-refractivity contribution in [1.29, 1.82) is 0 Å². The number of thiophene rings is 1. The second kappa shape index (κ2) is 13.5. The quantitative estimate of drug-likeness (QED) is 0.168. The van der Waals surface area contributed by atoms with Gasteiger partial charge in [0.1, 0.15) is 16.9 Å². The van der Waals surface area contributed by atoms with E-state index in [2.05, 4.69) is 57.6 Å². The van der Waals surface area contributed by atoms with Crippen LogP contribution in [-0.2, 0) is 20.5 Å². The molecule has 1 aliphatic rings. The Labute approximate surface area is 267 Å². The Morgan fingerprint density at radius 3 is 2.67 bits per heavy atom. The summed E-state index contributed by atoms with van der Waals surface area (Å²) in [6.45, 7) is 5.58. The van der Waals surface area contributed by atoms with Gasteiger partial charge in [0.2, 0.25) is 5.91 Å². The van der Waals surface area contributed by atoms with Crippen LogP contribution in [-0.4, -0.2) is 49.3 Å². The molecule has 4 heterocycles. The van der Waals surface area contributed by atoms with E-state index < -0.39 is 20.5 Å². The summed E-state index contributed by atoms with van der Waals surface area (Å²) in [4.78, 5) is 37.6. The van der Waals surface area contributed by atoms with Gasteiger partial charge >= 0.3 is 7.82 Å². The highest BCUT2D eigenvalue weighted by Crippen LogP contribution is 2.40. The van der Waals surface area contributed by atoms with Crippen LogP contribution >= 0.6 is 30.8 Å². The Morgan fingerprint density at radius 1 is 1.20 bits per heavy atom. The van der Waals surface area contributed by atoms with Crippen LogP contribution < -0.4 is 11.1 Å². The molecule has 232 valence electrons. The van der Waals surface area contributed by atoms with E-state index in [0.29, 0.717) is 16.7 Å². The first-order valence-corrected chi connectivity index (χ1v) is 16.3. The number of rotatable bonds is 7. The maximum Gasteiger partial charge on any atom is 0.469 e. The van der Waals surface area contributed by atoms with Gasteiger partial charge in [-0.15, -0.1) is 21.5 Å². The summed E-state index contributed by atoms with van der Waals surface area (Å²) in [5.41, 5.74) is 9.34. The zero-order valence-corrected chi connectivity index (χ0v) is 26.9. The molecule has 0 fully saturated rings. The van der Waals surface area contributed by atoms with Crippen LogP contribution in [0.2, 0.25) is 5.02 Å². The molecular weight excluding hydrogens is 639 g/mol. The lowest BCUT2D eigenvalue weighted by atomic mass is 9.99. The fourth-order valence-corrected chi connectivity index (χ4v) is 6.29. The van der Waals surface area contributed by atoms with Gasteiger partial charge in [-0.2, -0.15) is 0 Å². The highest BCUT2D eigenvalue weighted by atomic mass is 35.5. The fourth-order valence-electron chi connectivity index (χ4n) is 4.64. The van der Waals surface area contributed by atoms with Gasteiger partial charge in [-0.1, -0.05) is 35.6 Å². The molecule has 5 rings (SSSR count). The number of nitrogens with two attached hydrogens (primary N) is 1. The van der Waals surface area contributed by atoms with E-state index in [0.717, 1.165) is 32.3 Å². The molecule has 3 aromatic heterocycles. The first kappa shape index (κ1) is 32.4. The standard InChI is InChI=1S/C30H28ClN6O6PS/c1-17-18(2)45-30-27(17)28(20-8-10-22(31)11-9-20)34-24(29-36-35-19(3)37(29)30)15-26(38)33-13-5-7-25-21(16-42-44(39,40)41)14-23(43-25)6-4-12-32/h8-11,14,24H,12-13,15-16,32H2,1-3H3,(H,33,38)(H2,39,40,41)/t24-/m0/s1. The van der Waals surface area contributed by atoms with Gasteiger partial charge < -0.3 is 25.3 Å². The Morgan fingerprint density at radius 2 is 1.96 bits per heavy atom. The summed E-state index contributed by atoms with van der Waals surface area (Å²) < 4.78 is 23.3. The number of carbonyl (C=O) groups excluding carboxylic acids is 1. The van der Waals surface area contributed by atoms with Crippen LogP contribution in [0.15, 0.2) is 39.7 Å². The largest absolute Gasteiger partial charge is 0.469 e. The first-order valence-electron chi connectivity index (χ1n) is 13.6. The van der Waals surface area contributed by atoms with Crippen molar-refractivity contribution in [3.8, 4) is 28.7 Å². The van der Waals surface area contributed by atoms with Gasteiger partial charge in [-0.3, -0.25) is 18.9 Å². The molecule has 45 heavy (non-hydrogen) atoms. The van der Waals surface area contributed by atoms with Gasteiger partial charge in [0.25, 0.3) is 0 Å². The van der Waals surface area contributed by atoms with Crippen LogP contribution in [0.5, 0.6) is 0 Å². The van der Waals surface area contributed by atoms with Gasteiger partial charge in [0.05, 0.1) is 31.8 Å². The number of aryl methyl sites for hydroxylation is 2. The predicted molar refractivity (Wildman–Crippen MR) is 169 cm³/mol. The maximum absolute atomic E-state index is 13.2. The summed E-state index contributed by atoms with van der Waals surface area (Å²) in [5, 5.41) is 13.0. The number of fused-ring (bicyclic) bond motifs is 3. The number of furan rings is 1. The molecule has 1 amide bonds. The van der Waals surface area contributed by atoms with E-state index in [1.54, 1.807) is 23.5 Å². The Kier molecular flexibility index (Phi) is 9.73. The summed E-state index contributed by atoms with van der Waals surface area (Å²) in [5.74, 6) is 12.1. The van der Waals surface area contributed by atoms with Crippen LogP contribution in [0.3, 0.4) is 0 Å². The van der Waals surface area contributed by atoms with E-state index in [1.807, 2.05) is 23.6 Å². The van der Waals surface area contributed by atoms with E-state index >= 15 is 0 Å². The number of nitrogens with one attached hydrogen (secondary N) is 1. The number of amides is 1. The van der Waals surface area contributed by atoms with Crippen molar-refractivity contribution in [3.63, 3.8) is 0 Å². The van der Waals surface area contributed by atoms with Crippen LogP contribution in [0.25, 0.3) is 5.00 Å². The molecule has 1 aromatic carbocycles. The van der Waals surface area contributed by atoms with Crippen molar-refractivity contribution in [2.24, 2.45) is 10.7 Å². The molecule has 0 spiro atoms. The number of aromatic nitrogens is 3. The summed E-state index contributed by atoms with van der Waals surface area (Å²) in [7, 11) is -4.73. The van der Waals surface area contributed by atoms with Gasteiger partial charge in [-0.05, 0) is 56.4 Å². The summed E-state index contributed by atoms with van der Waals surface area (Å²) in [6.07, 6.45) is -0.0230. The molecule has 0 saturated heterocycles. The number of carbonyl (C=O) groups is 1. The minimum atomic E-state index is -4.73. The van der Waals surface area contributed by atoms with Crippen LogP contribution in [0.4, 0.5) is 0 Å². The third-order valence-electron chi connectivity index (χ3n) is 6.82. The summed E-state index contributed by atoms with van der Waals surface area (Å²) in [6, 6.07) is 8.24. The second-order valence-electron chi connectivity index (χ2n) is 9.92. The number of hydrogen-bond acceptors (Lipinski definition) is 9. The van der Waals surface area contributed by atoms with E-state index in [4.69, 9.17) is 36.5 Å². The smallest absolute Gasteiger partial charge is 0.439 e. The number of benzene rings is 1. The monoisotopic (exact) mass is 666 g/mol. The van der Waals surface area contributed by atoms with Crippen molar-refractivity contribution in [2.75, 3.05) is 13.1 Å². The molecule has 0 radical (unpaired) electrons. The first-order chi connectivity index (χ1) is 21.4. The molecule has 15 heteroatoms. The highest BCUT2D eigenvalue weighted by Gasteiger charge is 2.32. The van der Waals surface area contributed by atoms with Crippen molar-refractivity contribution in [1.82, 2.24) is 20.1 Å². The Balaban J connectivity index is 1.39. The fraction of sp³-hybridized carbons (Fsp3) is 0.267. The molecule has 4 aromatic rings. The second-order valence-corrected chi connectivity index (χ2v) is 12.8. The zero-order valence-electron chi connectivity index (χ0n) is 24.4. The normalized spacial score (nSPS) is 13.8. The molecule has 0 aliphatic carbocycles. The number of halogens is 1. The van der Waals surface area contributed by atoms with Crippen molar-refractivity contribution < 1.29 is 28.1 Å². The van der Waals surface area contributed by atoms with Gasteiger partial charge in [0, 0.05) is 26.6 Å². The molecule has 0 saturated carbocycles. The molecule has 1 aliphatic heterocycles. The van der Waals surface area contributed by atoms with E-state index in [1.165, 1.54) is 6.07 Å². The molecule has 0 unspecified atom stereocenters. The van der Waals surface area contributed by atoms with E-state index in [-0.39, 0.29) is 42.5 Å². The lowest BCUT2D eigenvalue weighted by Gasteiger charge is -2.12. The lowest BCUT2D eigenvalue weighted by molar-refractivity contribution is -0.121. The predicted octanol–water partition coefficient (Wildman–Crippen LogP) is 3.87. The van der Waals surface area contributed by atoms with Gasteiger partial charge in [0.15, 0.2) is 17.3 Å². The van der Waals surface area contributed by atoms with Crippen molar-refractivity contribution in [3.05, 3.63) is 85.7 Å². The van der Waals surface area contributed by atoms with Crippen molar-refractivity contribution >= 4 is 42.4 Å². The van der Waals surface area contributed by atoms with Crippen LogP contribution in [0, 0.1) is 44.5 Å². The number of phosphoric acid groups is 1. The molecule has 0 bridgehead atoms. The number of aliphatic imine (C=N–C) groups is 1. The molecular formula is C30H28ClN6O6PS. The van der Waals surface area contributed by atoms with Crippen LogP contribution in [0.1, 0.15) is 62.8 Å². The summed E-state index contributed by atoms with van der Waals surface area (Å²) >= 11 is 7.80.